The van der Waals surface area contributed by atoms with Crippen LogP contribution in [0.5, 0.6) is 0 Å². The quantitative estimate of drug-likeness (QED) is 0.820. The van der Waals surface area contributed by atoms with Crippen molar-refractivity contribution < 1.29 is 4.79 Å². The molecule has 4 heteroatoms. The first-order chi connectivity index (χ1) is 8.04. The van der Waals surface area contributed by atoms with Crippen molar-refractivity contribution in [1.29, 1.82) is 0 Å². The van der Waals surface area contributed by atoms with Crippen molar-refractivity contribution >= 4 is 33.4 Å². The number of rotatable bonds is 5. The van der Waals surface area contributed by atoms with Crippen LogP contribution in [0.3, 0.4) is 0 Å². The molecule has 2 nitrogen and oxygen atoms in total. The van der Waals surface area contributed by atoms with Crippen LogP contribution in [0, 0.1) is 6.92 Å². The molecule has 0 aliphatic heterocycles. The van der Waals surface area contributed by atoms with Crippen molar-refractivity contribution in [2.45, 2.75) is 32.1 Å². The summed E-state index contributed by atoms with van der Waals surface area (Å²) in [5, 5.41) is 3.03. The predicted octanol–water partition coefficient (Wildman–Crippen LogP) is 3.89. The van der Waals surface area contributed by atoms with E-state index < -0.39 is 0 Å². The SMILES string of the molecule is CCC(Cl)CCNC(=O)c1ccc(Br)cc1C. The summed E-state index contributed by atoms with van der Waals surface area (Å²) in [4.78, 5) is 11.9. The Morgan fingerprint density at radius 3 is 2.82 bits per heavy atom. The predicted molar refractivity (Wildman–Crippen MR) is 75.8 cm³/mol. The summed E-state index contributed by atoms with van der Waals surface area (Å²) < 4.78 is 0.985. The van der Waals surface area contributed by atoms with Crippen LogP contribution in [0.4, 0.5) is 0 Å². The van der Waals surface area contributed by atoms with Crippen molar-refractivity contribution in [3.05, 3.63) is 33.8 Å². The highest BCUT2D eigenvalue weighted by Crippen LogP contribution is 2.15. The Morgan fingerprint density at radius 2 is 2.24 bits per heavy atom. The van der Waals surface area contributed by atoms with E-state index in [1.165, 1.54) is 0 Å². The van der Waals surface area contributed by atoms with Gasteiger partial charge in [-0.15, -0.1) is 11.6 Å². The molecule has 0 saturated carbocycles. The van der Waals surface area contributed by atoms with Crippen molar-refractivity contribution in [3.8, 4) is 0 Å². The van der Waals surface area contributed by atoms with Crippen LogP contribution < -0.4 is 5.32 Å². The third-order valence-electron chi connectivity index (χ3n) is 2.62. The highest BCUT2D eigenvalue weighted by atomic mass is 79.9. The van der Waals surface area contributed by atoms with E-state index in [9.17, 15) is 4.79 Å². The maximum absolute atomic E-state index is 11.9. The fraction of sp³-hybridized carbons (Fsp3) is 0.462. The average molecular weight is 319 g/mol. The molecule has 1 amide bonds. The summed E-state index contributed by atoms with van der Waals surface area (Å²) >= 11 is 9.37. The molecule has 0 saturated heterocycles. The van der Waals surface area contributed by atoms with E-state index >= 15 is 0 Å². The minimum absolute atomic E-state index is 0.0324. The van der Waals surface area contributed by atoms with E-state index in [-0.39, 0.29) is 11.3 Å². The molecule has 94 valence electrons. The molecule has 0 aliphatic carbocycles. The van der Waals surface area contributed by atoms with Crippen LogP contribution in [-0.4, -0.2) is 17.8 Å². The van der Waals surface area contributed by atoms with Crippen LogP contribution in [0.25, 0.3) is 0 Å². The van der Waals surface area contributed by atoms with Crippen molar-refractivity contribution in [3.63, 3.8) is 0 Å². The highest BCUT2D eigenvalue weighted by molar-refractivity contribution is 9.10. The largest absolute Gasteiger partial charge is 0.352 e. The Hall–Kier alpha value is -0.540. The third-order valence-corrected chi connectivity index (χ3v) is 3.64. The van der Waals surface area contributed by atoms with Gasteiger partial charge in [0.25, 0.3) is 5.91 Å². The third kappa shape index (κ3) is 4.68. The Labute approximate surface area is 116 Å². The number of halogens is 2. The van der Waals surface area contributed by atoms with E-state index in [0.717, 1.165) is 28.4 Å². The van der Waals surface area contributed by atoms with E-state index in [0.29, 0.717) is 6.54 Å². The minimum atomic E-state index is -0.0324. The van der Waals surface area contributed by atoms with Gasteiger partial charge in [-0.1, -0.05) is 22.9 Å². The second kappa shape index (κ2) is 7.02. The number of amides is 1. The standard InChI is InChI=1S/C13H17BrClNO/c1-3-11(15)6-7-16-13(17)12-5-4-10(14)8-9(12)2/h4-5,8,11H,3,6-7H2,1-2H3,(H,16,17). The molecule has 0 radical (unpaired) electrons. The molecule has 17 heavy (non-hydrogen) atoms. The van der Waals surface area contributed by atoms with Crippen LogP contribution >= 0.6 is 27.5 Å². The lowest BCUT2D eigenvalue weighted by molar-refractivity contribution is 0.0952. The van der Waals surface area contributed by atoms with Gasteiger partial charge in [0, 0.05) is 22.0 Å². The first-order valence-electron chi connectivity index (χ1n) is 5.73. The Morgan fingerprint density at radius 1 is 1.53 bits per heavy atom. The number of alkyl halides is 1. The maximum Gasteiger partial charge on any atom is 0.251 e. The molecule has 0 spiro atoms. The van der Waals surface area contributed by atoms with Gasteiger partial charge in [-0.2, -0.15) is 0 Å². The lowest BCUT2D eigenvalue weighted by atomic mass is 10.1. The summed E-state index contributed by atoms with van der Waals surface area (Å²) in [7, 11) is 0. The molecular formula is C13H17BrClNO. The van der Waals surface area contributed by atoms with Gasteiger partial charge in [-0.05, 0) is 43.5 Å². The van der Waals surface area contributed by atoms with Gasteiger partial charge in [0.1, 0.15) is 0 Å². The highest BCUT2D eigenvalue weighted by Gasteiger charge is 2.09. The van der Waals surface area contributed by atoms with E-state index in [1.807, 2.05) is 32.0 Å². The molecule has 1 N–H and O–H groups in total. The second-order valence-corrected chi connectivity index (χ2v) is 5.54. The number of carbonyl (C=O) groups excluding carboxylic acids is 1. The van der Waals surface area contributed by atoms with Crippen LogP contribution in [0.15, 0.2) is 22.7 Å². The Kier molecular flexibility index (Phi) is 6.00. The summed E-state index contributed by atoms with van der Waals surface area (Å²) in [5.41, 5.74) is 1.69. The molecule has 0 aliphatic rings. The molecule has 0 aromatic heterocycles. The van der Waals surface area contributed by atoms with E-state index in [1.54, 1.807) is 0 Å². The molecule has 0 bridgehead atoms. The van der Waals surface area contributed by atoms with E-state index in [2.05, 4.69) is 21.2 Å². The summed E-state index contributed by atoms with van der Waals surface area (Å²) in [6, 6.07) is 5.64. The number of hydrogen-bond acceptors (Lipinski definition) is 1. The zero-order chi connectivity index (χ0) is 12.8. The smallest absolute Gasteiger partial charge is 0.251 e. The topological polar surface area (TPSA) is 29.1 Å². The van der Waals surface area contributed by atoms with Crippen LogP contribution in [0.2, 0.25) is 0 Å². The van der Waals surface area contributed by atoms with Gasteiger partial charge < -0.3 is 5.32 Å². The lowest BCUT2D eigenvalue weighted by Crippen LogP contribution is -2.26. The number of hydrogen-bond donors (Lipinski definition) is 1. The summed E-state index contributed by atoms with van der Waals surface area (Å²) in [6.07, 6.45) is 1.73. The Bertz CT molecular complexity index is 395. The van der Waals surface area contributed by atoms with Crippen LogP contribution in [-0.2, 0) is 0 Å². The number of aryl methyl sites for hydroxylation is 1. The maximum atomic E-state index is 11.9. The molecule has 0 heterocycles. The zero-order valence-corrected chi connectivity index (χ0v) is 12.4. The molecule has 1 atom stereocenters. The molecule has 1 unspecified atom stereocenters. The molecule has 1 rings (SSSR count). The first kappa shape index (κ1) is 14.5. The second-order valence-electron chi connectivity index (χ2n) is 4.01. The van der Waals surface area contributed by atoms with Crippen molar-refractivity contribution in [2.75, 3.05) is 6.54 Å². The average Bonchev–Trinajstić information content (AvgIpc) is 2.28. The fourth-order valence-corrected chi connectivity index (χ4v) is 2.11. The number of benzene rings is 1. The van der Waals surface area contributed by atoms with Gasteiger partial charge in [-0.3, -0.25) is 4.79 Å². The Balaban J connectivity index is 2.52. The molecule has 1 aromatic carbocycles. The van der Waals surface area contributed by atoms with Gasteiger partial charge in [-0.25, -0.2) is 0 Å². The zero-order valence-electron chi connectivity index (χ0n) is 10.1. The fourth-order valence-electron chi connectivity index (χ4n) is 1.52. The van der Waals surface area contributed by atoms with Crippen molar-refractivity contribution in [1.82, 2.24) is 5.32 Å². The lowest BCUT2D eigenvalue weighted by Gasteiger charge is -2.09. The van der Waals surface area contributed by atoms with Gasteiger partial charge >= 0.3 is 0 Å². The number of nitrogens with one attached hydrogen (secondary N) is 1. The van der Waals surface area contributed by atoms with Gasteiger partial charge in [0.15, 0.2) is 0 Å². The minimum Gasteiger partial charge on any atom is -0.352 e. The molecular weight excluding hydrogens is 302 g/mol. The summed E-state index contributed by atoms with van der Waals surface area (Å²) in [5.74, 6) is -0.0324. The molecule has 0 fully saturated rings. The van der Waals surface area contributed by atoms with E-state index in [4.69, 9.17) is 11.6 Å². The monoisotopic (exact) mass is 317 g/mol. The van der Waals surface area contributed by atoms with Crippen LogP contribution in [0.1, 0.15) is 35.7 Å². The summed E-state index contributed by atoms with van der Waals surface area (Å²) in [6.45, 7) is 4.59. The van der Waals surface area contributed by atoms with Gasteiger partial charge in [0.05, 0.1) is 0 Å². The molecule has 1 aromatic rings. The first-order valence-corrected chi connectivity index (χ1v) is 6.96. The van der Waals surface area contributed by atoms with Crippen molar-refractivity contribution in [2.24, 2.45) is 0 Å². The normalized spacial score (nSPS) is 12.2. The number of carbonyl (C=O) groups is 1. The van der Waals surface area contributed by atoms with Gasteiger partial charge in [0.2, 0.25) is 0 Å².